The maximum atomic E-state index is 13.6. The van der Waals surface area contributed by atoms with E-state index >= 15 is 0 Å². The Bertz CT molecular complexity index is 1010. The molecule has 0 radical (unpaired) electrons. The van der Waals surface area contributed by atoms with Crippen molar-refractivity contribution in [2.75, 3.05) is 27.3 Å². The van der Waals surface area contributed by atoms with E-state index in [0.717, 1.165) is 32.1 Å². The third kappa shape index (κ3) is 6.65. The molecule has 0 spiro atoms. The van der Waals surface area contributed by atoms with Gasteiger partial charge in [0.15, 0.2) is 17.3 Å². The molecule has 9 heteroatoms. The number of carbonyl (C=O) groups excluding carboxylic acids is 3. The van der Waals surface area contributed by atoms with Crippen LogP contribution in [0.5, 0.6) is 11.5 Å². The molecule has 3 amide bonds. The number of rotatable bonds is 11. The number of carbonyl (C=O) groups is 3. The van der Waals surface area contributed by atoms with E-state index in [1.54, 1.807) is 30.3 Å². The molecule has 1 fully saturated rings. The van der Waals surface area contributed by atoms with Crippen molar-refractivity contribution >= 4 is 17.7 Å². The van der Waals surface area contributed by atoms with Gasteiger partial charge in [-0.2, -0.15) is 0 Å². The van der Waals surface area contributed by atoms with Gasteiger partial charge in [0.1, 0.15) is 6.04 Å². The summed E-state index contributed by atoms with van der Waals surface area (Å²) < 4.78 is 15.8. The number of hydrogen-bond acceptors (Lipinski definition) is 6. The number of methoxy groups -OCH3 is 2. The lowest BCUT2D eigenvalue weighted by Gasteiger charge is -2.33. The van der Waals surface area contributed by atoms with Gasteiger partial charge in [0.25, 0.3) is 5.91 Å². The van der Waals surface area contributed by atoms with Crippen molar-refractivity contribution in [2.24, 2.45) is 0 Å². The van der Waals surface area contributed by atoms with Gasteiger partial charge in [-0.25, -0.2) is 0 Å². The van der Waals surface area contributed by atoms with Gasteiger partial charge >= 0.3 is 0 Å². The monoisotopic (exact) mass is 483 g/mol. The second-order valence-corrected chi connectivity index (χ2v) is 8.36. The molecule has 3 rings (SSSR count). The third-order valence-corrected chi connectivity index (χ3v) is 6.03. The standard InChI is InChI=1S/C26H33N3O6/c1-4-14-29(23(30)17-27-25(31)21-11-8-15-35-21)24(26(32)28-19-9-6-5-7-10-19)18-12-13-20(33-2)22(16-18)34-3/h4,8,11-13,15-16,19,24H,1,5-7,9-10,14,17H2,2-3H3,(H,27,31)(H,28,32). The van der Waals surface area contributed by atoms with Crippen molar-refractivity contribution in [2.45, 2.75) is 44.2 Å². The molecule has 0 aliphatic heterocycles. The van der Waals surface area contributed by atoms with Crippen LogP contribution in [-0.4, -0.2) is 56.0 Å². The van der Waals surface area contributed by atoms with Crippen molar-refractivity contribution in [1.29, 1.82) is 0 Å². The molecular weight excluding hydrogens is 450 g/mol. The van der Waals surface area contributed by atoms with Crippen LogP contribution in [0.2, 0.25) is 0 Å². The van der Waals surface area contributed by atoms with Crippen LogP contribution in [0.1, 0.15) is 54.3 Å². The first-order valence-corrected chi connectivity index (χ1v) is 11.7. The van der Waals surface area contributed by atoms with Gasteiger partial charge in [0, 0.05) is 12.6 Å². The summed E-state index contributed by atoms with van der Waals surface area (Å²) in [6.07, 6.45) is 8.00. The van der Waals surface area contributed by atoms with Gasteiger partial charge in [-0.05, 0) is 42.7 Å². The first-order chi connectivity index (χ1) is 17.0. The van der Waals surface area contributed by atoms with Crippen molar-refractivity contribution in [3.05, 3.63) is 60.6 Å². The topological polar surface area (TPSA) is 110 Å². The molecule has 188 valence electrons. The first-order valence-electron chi connectivity index (χ1n) is 11.7. The third-order valence-electron chi connectivity index (χ3n) is 6.03. The van der Waals surface area contributed by atoms with Crippen molar-refractivity contribution < 1.29 is 28.3 Å². The molecule has 2 N–H and O–H groups in total. The number of furan rings is 1. The van der Waals surface area contributed by atoms with Crippen LogP contribution >= 0.6 is 0 Å². The summed E-state index contributed by atoms with van der Waals surface area (Å²) in [4.78, 5) is 40.6. The Balaban J connectivity index is 1.88. The Morgan fingerprint density at radius 1 is 1.14 bits per heavy atom. The molecule has 1 aliphatic carbocycles. The highest BCUT2D eigenvalue weighted by Crippen LogP contribution is 2.32. The second kappa shape index (κ2) is 12.6. The number of nitrogens with one attached hydrogen (secondary N) is 2. The van der Waals surface area contributed by atoms with Crippen LogP contribution in [0.3, 0.4) is 0 Å². The number of ether oxygens (including phenoxy) is 2. The highest BCUT2D eigenvalue weighted by atomic mass is 16.5. The number of nitrogens with zero attached hydrogens (tertiary/aromatic N) is 1. The quantitative estimate of drug-likeness (QED) is 0.475. The van der Waals surface area contributed by atoms with Gasteiger partial charge < -0.3 is 29.4 Å². The predicted octanol–water partition coefficient (Wildman–Crippen LogP) is 3.23. The molecule has 0 bridgehead atoms. The maximum absolute atomic E-state index is 13.6. The molecule has 35 heavy (non-hydrogen) atoms. The highest BCUT2D eigenvalue weighted by molar-refractivity contribution is 5.95. The fraction of sp³-hybridized carbons (Fsp3) is 0.423. The maximum Gasteiger partial charge on any atom is 0.287 e. The normalized spacial score (nSPS) is 14.5. The lowest BCUT2D eigenvalue weighted by molar-refractivity contribution is -0.139. The van der Waals surface area contributed by atoms with Gasteiger partial charge in [0.05, 0.1) is 27.0 Å². The van der Waals surface area contributed by atoms with E-state index in [1.807, 2.05) is 0 Å². The Kier molecular flexibility index (Phi) is 9.34. The predicted molar refractivity (Wildman–Crippen MR) is 130 cm³/mol. The summed E-state index contributed by atoms with van der Waals surface area (Å²) in [5, 5.41) is 5.68. The minimum absolute atomic E-state index is 0.0539. The van der Waals surface area contributed by atoms with E-state index in [-0.39, 0.29) is 30.8 Å². The molecule has 1 aromatic heterocycles. The number of amides is 3. The Hall–Kier alpha value is -3.75. The molecule has 1 heterocycles. The van der Waals surface area contributed by atoms with Crippen molar-refractivity contribution in [3.63, 3.8) is 0 Å². The van der Waals surface area contributed by atoms with E-state index in [0.29, 0.717) is 17.1 Å². The van der Waals surface area contributed by atoms with Crippen molar-refractivity contribution in [3.8, 4) is 11.5 Å². The Morgan fingerprint density at radius 2 is 1.89 bits per heavy atom. The highest BCUT2D eigenvalue weighted by Gasteiger charge is 2.33. The van der Waals surface area contributed by atoms with Crippen LogP contribution < -0.4 is 20.1 Å². The average molecular weight is 484 g/mol. The van der Waals surface area contributed by atoms with Crippen LogP contribution in [0.15, 0.2) is 53.7 Å². The second-order valence-electron chi connectivity index (χ2n) is 8.36. The fourth-order valence-electron chi connectivity index (χ4n) is 4.27. The zero-order valence-electron chi connectivity index (χ0n) is 20.2. The lowest BCUT2D eigenvalue weighted by Crippen LogP contribution is -2.49. The molecule has 9 nitrogen and oxygen atoms in total. The van der Waals surface area contributed by atoms with E-state index in [2.05, 4.69) is 17.2 Å². The summed E-state index contributed by atoms with van der Waals surface area (Å²) in [7, 11) is 3.04. The zero-order chi connectivity index (χ0) is 25.2. The number of hydrogen-bond donors (Lipinski definition) is 2. The molecule has 1 saturated carbocycles. The van der Waals surface area contributed by atoms with Crippen LogP contribution in [0, 0.1) is 0 Å². The summed E-state index contributed by atoms with van der Waals surface area (Å²) in [5.41, 5.74) is 0.559. The fourth-order valence-corrected chi connectivity index (χ4v) is 4.27. The Morgan fingerprint density at radius 3 is 2.51 bits per heavy atom. The van der Waals surface area contributed by atoms with Crippen molar-refractivity contribution in [1.82, 2.24) is 15.5 Å². The number of benzene rings is 1. The first kappa shape index (κ1) is 25.9. The van der Waals surface area contributed by atoms with Gasteiger partial charge in [-0.3, -0.25) is 14.4 Å². The smallest absolute Gasteiger partial charge is 0.287 e. The molecule has 2 aromatic rings. The summed E-state index contributed by atoms with van der Waals surface area (Å²) >= 11 is 0. The molecule has 0 saturated heterocycles. The van der Waals surface area contributed by atoms with E-state index in [4.69, 9.17) is 13.9 Å². The molecule has 1 aromatic carbocycles. The van der Waals surface area contributed by atoms with Gasteiger partial charge in [0.2, 0.25) is 11.8 Å². The van der Waals surface area contributed by atoms with Crippen LogP contribution in [-0.2, 0) is 9.59 Å². The SMILES string of the molecule is C=CCN(C(=O)CNC(=O)c1ccco1)C(C(=O)NC1CCCCC1)c1ccc(OC)c(OC)c1. The molecule has 1 aliphatic rings. The molecule has 1 unspecified atom stereocenters. The summed E-state index contributed by atoms with van der Waals surface area (Å²) in [6.45, 7) is 3.55. The summed E-state index contributed by atoms with van der Waals surface area (Å²) in [5.74, 6) is -0.205. The minimum atomic E-state index is -0.956. The largest absolute Gasteiger partial charge is 0.493 e. The zero-order valence-corrected chi connectivity index (χ0v) is 20.2. The van der Waals surface area contributed by atoms with Crippen LogP contribution in [0.25, 0.3) is 0 Å². The molecular formula is C26H33N3O6. The van der Waals surface area contributed by atoms with E-state index in [1.165, 1.54) is 31.4 Å². The summed E-state index contributed by atoms with van der Waals surface area (Å²) in [6, 6.07) is 7.31. The van der Waals surface area contributed by atoms with E-state index in [9.17, 15) is 14.4 Å². The average Bonchev–Trinajstić information content (AvgIpc) is 3.42. The minimum Gasteiger partial charge on any atom is -0.493 e. The van der Waals surface area contributed by atoms with Gasteiger partial charge in [-0.1, -0.05) is 31.4 Å². The van der Waals surface area contributed by atoms with Gasteiger partial charge in [-0.15, -0.1) is 6.58 Å². The lowest BCUT2D eigenvalue weighted by atomic mass is 9.94. The van der Waals surface area contributed by atoms with Crippen LogP contribution in [0.4, 0.5) is 0 Å². The van der Waals surface area contributed by atoms with E-state index < -0.39 is 17.9 Å². The molecule has 1 atom stereocenters. The Labute approximate surface area is 205 Å².